The molecular formula is C25H32N7O3P. The topological polar surface area (TPSA) is 120 Å². The fourth-order valence-electron chi connectivity index (χ4n) is 5.02. The first-order chi connectivity index (χ1) is 17.5. The number of para-hydroxylation sites is 1. The monoisotopic (exact) mass is 509 g/mol. The van der Waals surface area contributed by atoms with E-state index in [2.05, 4.69) is 39.3 Å². The van der Waals surface area contributed by atoms with E-state index in [1.165, 1.54) is 0 Å². The molecule has 2 fully saturated rings. The van der Waals surface area contributed by atoms with Crippen molar-refractivity contribution in [3.8, 4) is 5.75 Å². The molecule has 4 atom stereocenters. The van der Waals surface area contributed by atoms with E-state index < -0.39 is 7.75 Å². The molecule has 1 saturated carbocycles. The average molecular weight is 510 g/mol. The summed E-state index contributed by atoms with van der Waals surface area (Å²) in [5.74, 6) is 1.56. The average Bonchev–Trinajstić information content (AvgIpc) is 3.22. The molecular weight excluding hydrogens is 477 g/mol. The van der Waals surface area contributed by atoms with Crippen LogP contribution in [0.25, 0.3) is 11.2 Å². The molecule has 3 N–H and O–H groups in total. The number of allylic oxidation sites excluding steroid dienone is 1. The van der Waals surface area contributed by atoms with Crippen molar-refractivity contribution in [3.63, 3.8) is 0 Å². The summed E-state index contributed by atoms with van der Waals surface area (Å²) in [6.45, 7) is 3.08. The molecule has 3 heterocycles. The van der Waals surface area contributed by atoms with E-state index in [1.54, 1.807) is 6.33 Å². The molecule has 3 aliphatic rings. The van der Waals surface area contributed by atoms with Crippen molar-refractivity contribution in [1.29, 1.82) is 0 Å². The van der Waals surface area contributed by atoms with E-state index in [-0.39, 0.29) is 23.9 Å². The number of anilines is 2. The van der Waals surface area contributed by atoms with Crippen LogP contribution in [-0.2, 0) is 9.09 Å². The molecule has 2 aromatic heterocycles. The molecule has 0 amide bonds. The molecule has 0 radical (unpaired) electrons. The minimum absolute atomic E-state index is 0.0480. The highest BCUT2D eigenvalue weighted by Gasteiger charge is 2.42. The Morgan fingerprint density at radius 2 is 2.00 bits per heavy atom. The molecule has 10 nitrogen and oxygen atoms in total. The Kier molecular flexibility index (Phi) is 6.19. The third-order valence-corrected chi connectivity index (χ3v) is 9.25. The molecule has 11 heteroatoms. The summed E-state index contributed by atoms with van der Waals surface area (Å²) in [5.41, 5.74) is 7.46. The Labute approximate surface area is 210 Å². The largest absolute Gasteiger partial charge is 0.461 e. The molecule has 2 aliphatic carbocycles. The van der Waals surface area contributed by atoms with Gasteiger partial charge in [0.15, 0.2) is 17.0 Å². The number of fused-ring (bicyclic) bond motifs is 1. The molecule has 0 spiro atoms. The van der Waals surface area contributed by atoms with Gasteiger partial charge in [0.2, 0.25) is 5.95 Å². The minimum Gasteiger partial charge on any atom is -0.413 e. The summed E-state index contributed by atoms with van der Waals surface area (Å²) in [6.07, 6.45) is 11.0. The van der Waals surface area contributed by atoms with Gasteiger partial charge >= 0.3 is 7.75 Å². The zero-order valence-corrected chi connectivity index (χ0v) is 21.3. The van der Waals surface area contributed by atoms with Crippen LogP contribution in [0.2, 0.25) is 0 Å². The maximum absolute atomic E-state index is 14.0. The minimum atomic E-state index is -3.50. The van der Waals surface area contributed by atoms with Crippen LogP contribution in [0.1, 0.15) is 45.1 Å². The van der Waals surface area contributed by atoms with Crippen LogP contribution in [0.3, 0.4) is 0 Å². The van der Waals surface area contributed by atoms with Crippen LogP contribution in [-0.4, -0.2) is 49.4 Å². The zero-order valence-electron chi connectivity index (χ0n) is 20.4. The molecule has 1 saturated heterocycles. The molecule has 36 heavy (non-hydrogen) atoms. The molecule has 3 aromatic rings. The molecule has 1 aromatic carbocycles. The number of imidazole rings is 1. The van der Waals surface area contributed by atoms with Gasteiger partial charge in [-0.15, -0.1) is 0 Å². The van der Waals surface area contributed by atoms with Gasteiger partial charge in [-0.05, 0) is 51.2 Å². The van der Waals surface area contributed by atoms with Crippen molar-refractivity contribution in [3.05, 3.63) is 48.8 Å². The predicted octanol–water partition coefficient (Wildman–Crippen LogP) is 4.79. The van der Waals surface area contributed by atoms with Gasteiger partial charge in [0.05, 0.1) is 19.0 Å². The highest BCUT2D eigenvalue weighted by atomic mass is 31.2. The Hall–Kier alpha value is -2.94. The number of benzene rings is 1. The van der Waals surface area contributed by atoms with E-state index >= 15 is 0 Å². The molecule has 0 bridgehead atoms. The van der Waals surface area contributed by atoms with Gasteiger partial charge in [0.1, 0.15) is 5.75 Å². The fraction of sp³-hybridized carbons (Fsp3) is 0.480. The Bertz CT molecular complexity index is 1310. The molecule has 6 rings (SSSR count). The second kappa shape index (κ2) is 9.50. The van der Waals surface area contributed by atoms with Crippen molar-refractivity contribution >= 4 is 30.7 Å². The van der Waals surface area contributed by atoms with E-state index in [0.717, 1.165) is 37.6 Å². The lowest BCUT2D eigenvalue weighted by Gasteiger charge is -2.30. The number of hydrogen-bond acceptors (Lipinski definition) is 8. The first kappa shape index (κ1) is 23.5. The molecule has 1 aliphatic heterocycles. The smallest absolute Gasteiger partial charge is 0.413 e. The Morgan fingerprint density at radius 3 is 2.75 bits per heavy atom. The van der Waals surface area contributed by atoms with Gasteiger partial charge in [-0.25, -0.2) is 9.55 Å². The summed E-state index contributed by atoms with van der Waals surface area (Å²) in [6, 6.07) is 9.90. The summed E-state index contributed by atoms with van der Waals surface area (Å²) < 4.78 is 30.1. The highest BCUT2D eigenvalue weighted by molar-refractivity contribution is 7.51. The quantitative estimate of drug-likeness (QED) is 0.310. The number of hydrogen-bond donors (Lipinski definition) is 2. The van der Waals surface area contributed by atoms with E-state index in [0.29, 0.717) is 36.4 Å². The van der Waals surface area contributed by atoms with Gasteiger partial charge < -0.3 is 20.1 Å². The number of aromatic nitrogens is 4. The van der Waals surface area contributed by atoms with Crippen LogP contribution >= 0.6 is 7.75 Å². The van der Waals surface area contributed by atoms with E-state index in [4.69, 9.17) is 14.8 Å². The maximum Gasteiger partial charge on any atom is 0.461 e. The summed E-state index contributed by atoms with van der Waals surface area (Å²) >= 11 is 0. The van der Waals surface area contributed by atoms with Gasteiger partial charge in [-0.1, -0.05) is 30.4 Å². The van der Waals surface area contributed by atoms with Crippen LogP contribution in [0.15, 0.2) is 48.8 Å². The van der Waals surface area contributed by atoms with Gasteiger partial charge in [0.25, 0.3) is 0 Å². The van der Waals surface area contributed by atoms with Crippen LogP contribution < -0.4 is 15.6 Å². The standard InChI is InChI=1S/C25H32N7O3P/c1-17-6-5-13-32(17)36(33,35-21-7-3-2-4-8-21)34-15-18-9-12-20(14-18)31-16-27-22-23(28-19-10-11-19)29-25(26)30-24(22)31/h2-4,7-9,12,16-20H,5-6,10-11,13-15H2,1H3,(H3,26,28,29,30)/t17-,18-,20?,36?/m1/s1. The van der Waals surface area contributed by atoms with Gasteiger partial charge in [-0.2, -0.15) is 14.6 Å². The van der Waals surface area contributed by atoms with Gasteiger partial charge in [0, 0.05) is 24.5 Å². The SMILES string of the molecule is C[C@@H]1CCCN1P(=O)(OC[C@@H]1C=CC(n2cnc3c(NC4CC4)nc(N)nc32)C1)Oc1ccccc1. The number of rotatable bonds is 9. The third kappa shape index (κ3) is 4.73. The molecule has 190 valence electrons. The van der Waals surface area contributed by atoms with Crippen molar-refractivity contribution in [2.45, 2.75) is 57.2 Å². The predicted molar refractivity (Wildman–Crippen MR) is 139 cm³/mol. The van der Waals surface area contributed by atoms with E-state index in [1.807, 2.05) is 39.6 Å². The second-order valence-corrected chi connectivity index (χ2v) is 11.8. The lowest BCUT2D eigenvalue weighted by atomic mass is 10.1. The first-order valence-corrected chi connectivity index (χ1v) is 14.2. The van der Waals surface area contributed by atoms with Gasteiger partial charge in [-0.3, -0.25) is 4.52 Å². The Morgan fingerprint density at radius 1 is 1.17 bits per heavy atom. The lowest BCUT2D eigenvalue weighted by molar-refractivity contribution is 0.184. The van der Waals surface area contributed by atoms with Crippen molar-refractivity contribution in [2.24, 2.45) is 5.92 Å². The highest BCUT2D eigenvalue weighted by Crippen LogP contribution is 2.55. The Balaban J connectivity index is 1.16. The first-order valence-electron chi connectivity index (χ1n) is 12.7. The van der Waals surface area contributed by atoms with Crippen molar-refractivity contribution in [1.82, 2.24) is 24.2 Å². The zero-order chi connectivity index (χ0) is 24.7. The maximum atomic E-state index is 14.0. The van der Waals surface area contributed by atoms with E-state index in [9.17, 15) is 4.57 Å². The number of nitrogens with two attached hydrogens (primary N) is 1. The van der Waals surface area contributed by atoms with Crippen molar-refractivity contribution in [2.75, 3.05) is 24.2 Å². The second-order valence-electron chi connectivity index (χ2n) is 9.94. The van der Waals surface area contributed by atoms with Crippen LogP contribution in [0.4, 0.5) is 11.8 Å². The van der Waals surface area contributed by atoms with Crippen LogP contribution in [0.5, 0.6) is 5.75 Å². The lowest BCUT2D eigenvalue weighted by Crippen LogP contribution is -2.28. The number of nitrogens with zero attached hydrogens (tertiary/aromatic N) is 5. The number of nitrogen functional groups attached to an aromatic ring is 1. The fourth-order valence-corrected chi connectivity index (χ4v) is 7.08. The summed E-state index contributed by atoms with van der Waals surface area (Å²) in [7, 11) is -3.50. The van der Waals surface area contributed by atoms with Crippen molar-refractivity contribution < 1.29 is 13.6 Å². The van der Waals surface area contributed by atoms with Crippen LogP contribution in [0, 0.1) is 5.92 Å². The normalized spacial score (nSPS) is 25.9. The summed E-state index contributed by atoms with van der Waals surface area (Å²) in [4.78, 5) is 13.4. The summed E-state index contributed by atoms with van der Waals surface area (Å²) in [5, 5.41) is 3.40. The third-order valence-electron chi connectivity index (χ3n) is 7.11. The number of nitrogens with one attached hydrogen (secondary N) is 1. The molecule has 2 unspecified atom stereocenters.